The Morgan fingerprint density at radius 3 is 2.58 bits per heavy atom. The molecule has 130 valence electrons. The van der Waals surface area contributed by atoms with Crippen molar-refractivity contribution >= 4 is 5.91 Å². The number of nitrogens with two attached hydrogens (primary N) is 1. The number of phenolic OH excluding ortho intramolecular Hbond substituents is 2. The highest BCUT2D eigenvalue weighted by molar-refractivity contribution is 5.80. The molecular formula is C18H25N3O3. The molecule has 1 amide bonds. The second-order valence-corrected chi connectivity index (χ2v) is 7.34. The highest BCUT2D eigenvalue weighted by Gasteiger charge is 2.42. The third-order valence-electron chi connectivity index (χ3n) is 5.88. The van der Waals surface area contributed by atoms with E-state index in [0.29, 0.717) is 13.0 Å². The molecule has 0 radical (unpaired) electrons. The van der Waals surface area contributed by atoms with Gasteiger partial charge < -0.3 is 20.8 Å². The predicted octanol–water partition coefficient (Wildman–Crippen LogP) is 0.967. The Labute approximate surface area is 141 Å². The van der Waals surface area contributed by atoms with Gasteiger partial charge in [0.1, 0.15) is 0 Å². The van der Waals surface area contributed by atoms with Crippen LogP contribution in [0.1, 0.15) is 36.4 Å². The Balaban J connectivity index is 1.56. The number of amides is 1. The normalized spacial score (nSPS) is 30.0. The van der Waals surface area contributed by atoms with E-state index in [0.717, 1.165) is 50.0 Å². The minimum Gasteiger partial charge on any atom is -0.504 e. The first kappa shape index (κ1) is 15.7. The van der Waals surface area contributed by atoms with Crippen molar-refractivity contribution in [2.45, 2.75) is 37.8 Å². The van der Waals surface area contributed by atoms with Crippen molar-refractivity contribution < 1.29 is 15.0 Å². The third-order valence-corrected chi connectivity index (χ3v) is 5.88. The predicted molar refractivity (Wildman–Crippen MR) is 89.7 cm³/mol. The molecule has 4 rings (SSSR count). The van der Waals surface area contributed by atoms with Crippen molar-refractivity contribution in [2.24, 2.45) is 11.7 Å². The van der Waals surface area contributed by atoms with Gasteiger partial charge in [0, 0.05) is 38.3 Å². The van der Waals surface area contributed by atoms with Crippen LogP contribution in [0.4, 0.5) is 0 Å². The van der Waals surface area contributed by atoms with Gasteiger partial charge in [0.05, 0.1) is 5.92 Å². The lowest BCUT2D eigenvalue weighted by Crippen LogP contribution is -2.55. The van der Waals surface area contributed by atoms with Crippen LogP contribution in [0, 0.1) is 5.92 Å². The molecule has 3 aliphatic heterocycles. The third kappa shape index (κ3) is 2.54. The maximum absolute atomic E-state index is 12.8. The Morgan fingerprint density at radius 2 is 1.83 bits per heavy atom. The summed E-state index contributed by atoms with van der Waals surface area (Å²) in [5, 5.41) is 19.6. The van der Waals surface area contributed by atoms with Gasteiger partial charge in [0.15, 0.2) is 11.5 Å². The molecule has 3 aliphatic rings. The van der Waals surface area contributed by atoms with Gasteiger partial charge in [-0.2, -0.15) is 0 Å². The summed E-state index contributed by atoms with van der Waals surface area (Å²) in [6.07, 6.45) is 3.72. The first-order chi connectivity index (χ1) is 11.5. The van der Waals surface area contributed by atoms with E-state index in [9.17, 15) is 15.0 Å². The molecule has 0 bridgehead atoms. The van der Waals surface area contributed by atoms with Gasteiger partial charge in [0.2, 0.25) is 5.91 Å². The number of rotatable bonds is 1. The number of carbonyl (C=O) groups excluding carboxylic acids is 1. The molecule has 0 unspecified atom stereocenters. The van der Waals surface area contributed by atoms with E-state index < -0.39 is 0 Å². The molecule has 0 aliphatic carbocycles. The Bertz CT molecular complexity index is 657. The number of carbonyl (C=O) groups is 1. The quantitative estimate of drug-likeness (QED) is 0.667. The van der Waals surface area contributed by atoms with Crippen molar-refractivity contribution in [2.75, 3.05) is 26.2 Å². The van der Waals surface area contributed by atoms with Gasteiger partial charge in [-0.25, -0.2) is 0 Å². The van der Waals surface area contributed by atoms with Gasteiger partial charge in [-0.05, 0) is 48.9 Å². The maximum Gasteiger partial charge on any atom is 0.228 e. The Morgan fingerprint density at radius 1 is 1.12 bits per heavy atom. The standard InChI is InChI=1S/C18H25N3O3/c19-14-9-15-12-8-17(23)16(22)7-11(12)3-6-21(15)10-13(14)18(24)20-4-1-2-5-20/h7-8,13-15,22-23H,1-6,9-10,19H2/t13-,14-,15-/m0/s1. The number of likely N-dealkylation sites (tertiary alicyclic amines) is 1. The van der Waals surface area contributed by atoms with Crippen LogP contribution in [0.3, 0.4) is 0 Å². The van der Waals surface area contributed by atoms with Crippen molar-refractivity contribution in [3.63, 3.8) is 0 Å². The van der Waals surface area contributed by atoms with Gasteiger partial charge >= 0.3 is 0 Å². The smallest absolute Gasteiger partial charge is 0.228 e. The number of phenols is 2. The molecule has 1 aromatic carbocycles. The van der Waals surface area contributed by atoms with Crippen molar-refractivity contribution in [1.29, 1.82) is 0 Å². The number of benzene rings is 1. The van der Waals surface area contributed by atoms with Crippen LogP contribution in [0.2, 0.25) is 0 Å². The highest BCUT2D eigenvalue weighted by atomic mass is 16.3. The lowest BCUT2D eigenvalue weighted by atomic mass is 9.80. The maximum atomic E-state index is 12.8. The van der Waals surface area contributed by atoms with Gasteiger partial charge in [-0.15, -0.1) is 0 Å². The molecule has 6 heteroatoms. The number of nitrogens with zero attached hydrogens (tertiary/aromatic N) is 2. The summed E-state index contributed by atoms with van der Waals surface area (Å²) >= 11 is 0. The zero-order valence-corrected chi connectivity index (χ0v) is 13.8. The molecule has 4 N–H and O–H groups in total. The van der Waals surface area contributed by atoms with Gasteiger partial charge in [-0.3, -0.25) is 9.69 Å². The average molecular weight is 331 g/mol. The lowest BCUT2D eigenvalue weighted by Gasteiger charge is -2.46. The van der Waals surface area contributed by atoms with Gasteiger partial charge in [-0.1, -0.05) is 0 Å². The van der Waals surface area contributed by atoms with E-state index in [4.69, 9.17) is 5.73 Å². The summed E-state index contributed by atoms with van der Waals surface area (Å²) in [6.45, 7) is 3.27. The van der Waals surface area contributed by atoms with Crippen LogP contribution in [-0.2, 0) is 11.2 Å². The summed E-state index contributed by atoms with van der Waals surface area (Å²) in [5.41, 5.74) is 8.51. The van der Waals surface area contributed by atoms with Crippen LogP contribution < -0.4 is 5.73 Å². The number of hydrogen-bond donors (Lipinski definition) is 3. The summed E-state index contributed by atoms with van der Waals surface area (Å²) < 4.78 is 0. The van der Waals surface area contributed by atoms with Crippen LogP contribution in [0.25, 0.3) is 0 Å². The second-order valence-electron chi connectivity index (χ2n) is 7.34. The topological polar surface area (TPSA) is 90.0 Å². The minimum absolute atomic E-state index is 0.0654. The lowest BCUT2D eigenvalue weighted by molar-refractivity contribution is -0.137. The zero-order valence-electron chi connectivity index (χ0n) is 13.8. The van der Waals surface area contributed by atoms with Crippen LogP contribution in [-0.4, -0.2) is 58.1 Å². The fraction of sp³-hybridized carbons (Fsp3) is 0.611. The number of hydrogen-bond acceptors (Lipinski definition) is 5. The van der Waals surface area contributed by atoms with E-state index in [1.807, 2.05) is 4.90 Å². The van der Waals surface area contributed by atoms with Crippen LogP contribution in [0.15, 0.2) is 12.1 Å². The Kier molecular flexibility index (Phi) is 3.89. The molecule has 3 atom stereocenters. The molecule has 0 spiro atoms. The number of fused-ring (bicyclic) bond motifs is 3. The first-order valence-corrected chi connectivity index (χ1v) is 8.88. The van der Waals surface area contributed by atoms with Crippen molar-refractivity contribution in [1.82, 2.24) is 9.80 Å². The summed E-state index contributed by atoms with van der Waals surface area (Å²) in [6, 6.07) is 3.28. The average Bonchev–Trinajstić information content (AvgIpc) is 3.09. The monoisotopic (exact) mass is 331 g/mol. The van der Waals surface area contributed by atoms with E-state index >= 15 is 0 Å². The highest BCUT2D eigenvalue weighted by Crippen LogP contribution is 2.42. The van der Waals surface area contributed by atoms with E-state index in [-0.39, 0.29) is 35.4 Å². The molecule has 2 fully saturated rings. The molecule has 6 nitrogen and oxygen atoms in total. The summed E-state index contributed by atoms with van der Waals surface area (Å²) in [4.78, 5) is 17.1. The summed E-state index contributed by atoms with van der Waals surface area (Å²) in [7, 11) is 0. The molecule has 1 aromatic rings. The molecule has 3 heterocycles. The molecule has 24 heavy (non-hydrogen) atoms. The summed E-state index contributed by atoms with van der Waals surface area (Å²) in [5.74, 6) is -0.0757. The fourth-order valence-corrected chi connectivity index (χ4v) is 4.52. The van der Waals surface area contributed by atoms with E-state index in [2.05, 4.69) is 4.90 Å². The molecular weight excluding hydrogens is 306 g/mol. The number of piperidine rings is 1. The van der Waals surface area contributed by atoms with Gasteiger partial charge in [0.25, 0.3) is 0 Å². The SMILES string of the molecule is N[C@H]1C[C@H]2c3cc(O)c(O)cc3CCN2C[C@@H]1C(=O)N1CCCC1. The molecule has 0 aromatic heterocycles. The minimum atomic E-state index is -0.166. The van der Waals surface area contributed by atoms with Crippen LogP contribution >= 0.6 is 0 Å². The van der Waals surface area contributed by atoms with E-state index in [1.54, 1.807) is 12.1 Å². The fourth-order valence-electron chi connectivity index (χ4n) is 4.52. The molecule has 0 saturated carbocycles. The largest absolute Gasteiger partial charge is 0.504 e. The first-order valence-electron chi connectivity index (χ1n) is 8.88. The zero-order chi connectivity index (χ0) is 16.8. The van der Waals surface area contributed by atoms with E-state index in [1.165, 1.54) is 0 Å². The van der Waals surface area contributed by atoms with Crippen molar-refractivity contribution in [3.8, 4) is 11.5 Å². The molecule has 2 saturated heterocycles. The second kappa shape index (κ2) is 5.93. The van der Waals surface area contributed by atoms with Crippen LogP contribution in [0.5, 0.6) is 11.5 Å². The number of aromatic hydroxyl groups is 2. The van der Waals surface area contributed by atoms with Crippen molar-refractivity contribution in [3.05, 3.63) is 23.3 Å². The Hall–Kier alpha value is -1.79.